The van der Waals surface area contributed by atoms with Crippen LogP contribution in [0.3, 0.4) is 0 Å². The molecule has 0 fully saturated rings. The van der Waals surface area contributed by atoms with Gasteiger partial charge in [-0.25, -0.2) is 24.7 Å². The lowest BCUT2D eigenvalue weighted by molar-refractivity contribution is -0.128. The number of nitrogens with zero attached hydrogens (tertiary/aromatic N) is 6. The van der Waals surface area contributed by atoms with Crippen LogP contribution in [0.4, 0.5) is 10.6 Å². The number of hydrogen-bond donors (Lipinski definition) is 0. The van der Waals surface area contributed by atoms with E-state index in [1.165, 1.54) is 13.3 Å². The highest BCUT2D eigenvalue weighted by molar-refractivity contribution is 5.91. The van der Waals surface area contributed by atoms with Crippen molar-refractivity contribution in [3.63, 3.8) is 0 Å². The van der Waals surface area contributed by atoms with Crippen LogP contribution in [0.1, 0.15) is 33.3 Å². The molecule has 2 rings (SSSR count). The molecule has 9 nitrogen and oxygen atoms in total. The molecule has 0 saturated heterocycles. The zero-order valence-corrected chi connectivity index (χ0v) is 17.6. The quantitative estimate of drug-likeness (QED) is 0.578. The Morgan fingerprint density at radius 3 is 2.54 bits per heavy atom. The zero-order chi connectivity index (χ0) is 21.1. The maximum atomic E-state index is 12.3. The summed E-state index contributed by atoms with van der Waals surface area (Å²) in [7, 11) is 3.76. The molecule has 28 heavy (non-hydrogen) atoms. The Labute approximate surface area is 165 Å². The fraction of sp³-hybridized carbons (Fsp3) is 0.526. The van der Waals surface area contributed by atoms with E-state index in [0.717, 1.165) is 15.8 Å². The molecule has 152 valence electrons. The van der Waals surface area contributed by atoms with Crippen LogP contribution in [0.2, 0.25) is 0 Å². The first kappa shape index (κ1) is 21.3. The van der Waals surface area contributed by atoms with Gasteiger partial charge in [-0.1, -0.05) is 0 Å². The summed E-state index contributed by atoms with van der Waals surface area (Å²) in [6.07, 6.45) is 4.40. The van der Waals surface area contributed by atoms with Gasteiger partial charge < -0.3 is 14.2 Å². The Hall–Kier alpha value is -2.97. The van der Waals surface area contributed by atoms with Crippen molar-refractivity contribution in [2.45, 2.75) is 46.8 Å². The lowest BCUT2D eigenvalue weighted by Crippen LogP contribution is -2.41. The van der Waals surface area contributed by atoms with Crippen molar-refractivity contribution in [1.82, 2.24) is 24.3 Å². The van der Waals surface area contributed by atoms with E-state index in [0.29, 0.717) is 18.0 Å². The Kier molecular flexibility index (Phi) is 6.37. The van der Waals surface area contributed by atoms with Crippen LogP contribution in [0.5, 0.6) is 0 Å². The lowest BCUT2D eigenvalue weighted by Gasteiger charge is -2.25. The summed E-state index contributed by atoms with van der Waals surface area (Å²) in [4.78, 5) is 40.2. The zero-order valence-electron chi connectivity index (χ0n) is 17.6. The van der Waals surface area contributed by atoms with E-state index in [9.17, 15) is 9.59 Å². The van der Waals surface area contributed by atoms with Crippen molar-refractivity contribution in [3.8, 4) is 0 Å². The van der Waals surface area contributed by atoms with Gasteiger partial charge in [0.15, 0.2) is 5.82 Å². The molecule has 0 saturated carbocycles. The van der Waals surface area contributed by atoms with Crippen molar-refractivity contribution in [2.24, 2.45) is 4.99 Å². The average Bonchev–Trinajstić information content (AvgIpc) is 2.88. The largest absolute Gasteiger partial charge is 0.443 e. The SMILES string of the molecule is CC(=O)N(CCn1cc(C)c2c(N=CN(C)C)ncnc21)C(=O)OC(C)(C)C. The Morgan fingerprint density at radius 2 is 1.96 bits per heavy atom. The summed E-state index contributed by atoms with van der Waals surface area (Å²) < 4.78 is 7.21. The molecule has 2 amide bonds. The van der Waals surface area contributed by atoms with Crippen LogP contribution >= 0.6 is 0 Å². The second-order valence-electron chi connectivity index (χ2n) is 7.76. The van der Waals surface area contributed by atoms with Gasteiger partial charge in [-0.15, -0.1) is 0 Å². The van der Waals surface area contributed by atoms with Gasteiger partial charge in [-0.2, -0.15) is 0 Å². The fourth-order valence-corrected chi connectivity index (χ4v) is 2.64. The number of amides is 2. The van der Waals surface area contributed by atoms with Crippen LogP contribution in [-0.4, -0.2) is 68.9 Å². The fourth-order valence-electron chi connectivity index (χ4n) is 2.64. The maximum absolute atomic E-state index is 12.3. The first-order chi connectivity index (χ1) is 13.0. The van der Waals surface area contributed by atoms with E-state index in [2.05, 4.69) is 15.0 Å². The first-order valence-electron chi connectivity index (χ1n) is 9.01. The van der Waals surface area contributed by atoms with Crippen LogP contribution in [0.15, 0.2) is 17.5 Å². The number of ether oxygens (including phenoxy) is 1. The Morgan fingerprint density at radius 1 is 1.29 bits per heavy atom. The molecule has 0 N–H and O–H groups in total. The minimum Gasteiger partial charge on any atom is -0.443 e. The highest BCUT2D eigenvalue weighted by Crippen LogP contribution is 2.27. The van der Waals surface area contributed by atoms with Gasteiger partial charge in [0, 0.05) is 33.8 Å². The molecule has 0 aliphatic heterocycles. The number of fused-ring (bicyclic) bond motifs is 1. The summed E-state index contributed by atoms with van der Waals surface area (Å²) in [6, 6.07) is 0. The molecular formula is C19H28N6O3. The van der Waals surface area contributed by atoms with Crippen LogP contribution < -0.4 is 0 Å². The van der Waals surface area contributed by atoms with E-state index < -0.39 is 11.7 Å². The molecule has 0 bridgehead atoms. The third-order valence-electron chi connectivity index (χ3n) is 3.79. The number of rotatable bonds is 5. The molecule has 2 aromatic rings. The second-order valence-corrected chi connectivity index (χ2v) is 7.76. The van der Waals surface area contributed by atoms with Crippen molar-refractivity contribution in [1.29, 1.82) is 0 Å². The first-order valence-corrected chi connectivity index (χ1v) is 9.01. The van der Waals surface area contributed by atoms with Gasteiger partial charge in [-0.3, -0.25) is 4.79 Å². The molecule has 0 unspecified atom stereocenters. The van der Waals surface area contributed by atoms with Gasteiger partial charge in [0.05, 0.1) is 18.3 Å². The van der Waals surface area contributed by atoms with Crippen molar-refractivity contribution in [3.05, 3.63) is 18.1 Å². The summed E-state index contributed by atoms with van der Waals surface area (Å²) in [5.74, 6) is 0.207. The summed E-state index contributed by atoms with van der Waals surface area (Å²) in [5, 5.41) is 0.840. The highest BCUT2D eigenvalue weighted by atomic mass is 16.6. The minimum atomic E-state index is -0.673. The third-order valence-corrected chi connectivity index (χ3v) is 3.79. The molecule has 2 heterocycles. The van der Waals surface area contributed by atoms with Crippen LogP contribution in [-0.2, 0) is 16.1 Å². The monoisotopic (exact) mass is 388 g/mol. The van der Waals surface area contributed by atoms with Crippen LogP contribution in [0.25, 0.3) is 11.0 Å². The van der Waals surface area contributed by atoms with Gasteiger partial charge in [0.2, 0.25) is 5.91 Å². The standard InChI is InChI=1S/C19H28N6O3/c1-13-10-24(8-9-25(14(2)26)18(27)28-19(3,4)5)17-15(13)16(20-11-21-17)22-12-23(6)7/h10-12H,8-9H2,1-7H3. The average molecular weight is 388 g/mol. The maximum Gasteiger partial charge on any atom is 0.417 e. The predicted molar refractivity (Wildman–Crippen MR) is 108 cm³/mol. The summed E-state index contributed by atoms with van der Waals surface area (Å²) in [5.41, 5.74) is 0.993. The van der Waals surface area contributed by atoms with E-state index in [1.807, 2.05) is 36.7 Å². The molecular weight excluding hydrogens is 360 g/mol. The Bertz CT molecular complexity index is 895. The molecule has 0 aliphatic rings. The summed E-state index contributed by atoms with van der Waals surface area (Å²) in [6.45, 7) is 9.15. The molecule has 0 radical (unpaired) electrons. The van der Waals surface area contributed by atoms with Crippen LogP contribution in [0, 0.1) is 6.92 Å². The number of hydrogen-bond acceptors (Lipinski definition) is 6. The van der Waals surface area contributed by atoms with E-state index in [-0.39, 0.29) is 12.5 Å². The number of imide groups is 1. The smallest absolute Gasteiger partial charge is 0.417 e. The van der Waals surface area contributed by atoms with E-state index >= 15 is 0 Å². The van der Waals surface area contributed by atoms with E-state index in [4.69, 9.17) is 4.74 Å². The number of aromatic nitrogens is 3. The Balaban J connectivity index is 2.27. The van der Waals surface area contributed by atoms with E-state index in [1.54, 1.807) is 27.1 Å². The molecule has 9 heteroatoms. The van der Waals surface area contributed by atoms with Crippen molar-refractivity contribution >= 4 is 35.2 Å². The van der Waals surface area contributed by atoms with Gasteiger partial charge in [-0.05, 0) is 33.3 Å². The normalized spacial score (nSPS) is 11.8. The molecule has 2 aromatic heterocycles. The number of carbonyl (C=O) groups is 2. The summed E-state index contributed by atoms with van der Waals surface area (Å²) >= 11 is 0. The third kappa shape index (κ3) is 5.28. The van der Waals surface area contributed by atoms with Crippen molar-refractivity contribution < 1.29 is 14.3 Å². The van der Waals surface area contributed by atoms with Crippen molar-refractivity contribution in [2.75, 3.05) is 20.6 Å². The number of aliphatic imine (C=N–C) groups is 1. The molecule has 0 spiro atoms. The molecule has 0 atom stereocenters. The highest BCUT2D eigenvalue weighted by Gasteiger charge is 2.25. The lowest BCUT2D eigenvalue weighted by atomic mass is 10.2. The van der Waals surface area contributed by atoms with Gasteiger partial charge >= 0.3 is 6.09 Å². The van der Waals surface area contributed by atoms with Gasteiger partial charge in [0.1, 0.15) is 17.6 Å². The predicted octanol–water partition coefficient (Wildman–Crippen LogP) is 2.74. The number of aryl methyl sites for hydroxylation is 1. The molecule has 0 aromatic carbocycles. The molecule has 0 aliphatic carbocycles. The second kappa shape index (κ2) is 8.37. The topological polar surface area (TPSA) is 92.9 Å². The van der Waals surface area contributed by atoms with Gasteiger partial charge in [0.25, 0.3) is 0 Å². The number of carbonyl (C=O) groups excluding carboxylic acids is 2. The minimum absolute atomic E-state index is 0.174.